The van der Waals surface area contributed by atoms with Crippen LogP contribution in [0.2, 0.25) is 5.02 Å². The summed E-state index contributed by atoms with van der Waals surface area (Å²) >= 11 is 9.59. The lowest BCUT2D eigenvalue weighted by atomic mass is 9.77. The summed E-state index contributed by atoms with van der Waals surface area (Å²) in [6.07, 6.45) is 10.4. The fraction of sp³-hybridized carbons (Fsp3) is 0.684. The molecular formula is C19H27BrClN3O2. The molecule has 4 rings (SSSR count). The van der Waals surface area contributed by atoms with Crippen LogP contribution in [0.25, 0.3) is 0 Å². The summed E-state index contributed by atoms with van der Waals surface area (Å²) in [5, 5.41) is 12.5. The molecule has 1 aliphatic carbocycles. The Labute approximate surface area is 168 Å². The van der Waals surface area contributed by atoms with E-state index in [0.29, 0.717) is 5.02 Å². The van der Waals surface area contributed by atoms with Crippen LogP contribution in [0.3, 0.4) is 0 Å². The molecule has 3 aliphatic rings. The van der Waals surface area contributed by atoms with Crippen molar-refractivity contribution in [1.29, 1.82) is 0 Å². The van der Waals surface area contributed by atoms with Crippen LogP contribution < -0.4 is 10.2 Å². The SMILES string of the molecule is O=C1NCCC12CCN(c1ncc(Br)cc1Cl)CC2.OC1CCCCC1. The number of rotatable bonds is 1. The maximum atomic E-state index is 11.9. The summed E-state index contributed by atoms with van der Waals surface area (Å²) in [7, 11) is 0. The van der Waals surface area contributed by atoms with Crippen molar-refractivity contribution in [2.24, 2.45) is 5.41 Å². The van der Waals surface area contributed by atoms with Gasteiger partial charge >= 0.3 is 0 Å². The van der Waals surface area contributed by atoms with Gasteiger partial charge in [0.15, 0.2) is 0 Å². The van der Waals surface area contributed by atoms with Crippen molar-refractivity contribution < 1.29 is 9.90 Å². The number of piperidine rings is 1. The number of hydrogen-bond donors (Lipinski definition) is 2. The zero-order chi connectivity index (χ0) is 18.6. The van der Waals surface area contributed by atoms with E-state index in [4.69, 9.17) is 16.7 Å². The number of pyridine rings is 1. The van der Waals surface area contributed by atoms with Crippen LogP contribution in [0.1, 0.15) is 51.4 Å². The molecule has 0 bridgehead atoms. The van der Waals surface area contributed by atoms with E-state index in [1.807, 2.05) is 6.07 Å². The molecule has 1 spiro atoms. The monoisotopic (exact) mass is 443 g/mol. The molecule has 5 nitrogen and oxygen atoms in total. The predicted octanol–water partition coefficient (Wildman–Crippen LogP) is 3.92. The minimum Gasteiger partial charge on any atom is -0.393 e. The molecule has 1 aromatic rings. The zero-order valence-electron chi connectivity index (χ0n) is 15.0. The third-order valence-corrected chi connectivity index (χ3v) is 6.47. The highest BCUT2D eigenvalue weighted by molar-refractivity contribution is 9.10. The first-order valence-corrected chi connectivity index (χ1v) is 10.7. The largest absolute Gasteiger partial charge is 0.393 e. The first-order valence-electron chi connectivity index (χ1n) is 9.52. The Bertz CT molecular complexity index is 629. The van der Waals surface area contributed by atoms with E-state index in [2.05, 4.69) is 31.1 Å². The normalized spacial score (nSPS) is 22.7. The summed E-state index contributed by atoms with van der Waals surface area (Å²) in [5.74, 6) is 1.04. The Morgan fingerprint density at radius 1 is 1.23 bits per heavy atom. The average molecular weight is 445 g/mol. The second-order valence-corrected chi connectivity index (χ2v) is 8.85. The molecule has 3 heterocycles. The Hall–Kier alpha value is -0.850. The van der Waals surface area contributed by atoms with Crippen LogP contribution >= 0.6 is 27.5 Å². The van der Waals surface area contributed by atoms with Crippen LogP contribution in [-0.4, -0.2) is 41.7 Å². The summed E-state index contributed by atoms with van der Waals surface area (Å²) < 4.78 is 0.880. The fourth-order valence-electron chi connectivity index (χ4n) is 4.06. The van der Waals surface area contributed by atoms with Gasteiger partial charge in [-0.15, -0.1) is 0 Å². The van der Waals surface area contributed by atoms with Gasteiger partial charge in [-0.1, -0.05) is 30.9 Å². The molecule has 26 heavy (non-hydrogen) atoms. The standard InChI is InChI=1S/C13H15BrClN3O.C6H12O/c14-9-7-10(15)11(17-8-9)18-5-2-13(3-6-18)1-4-16-12(13)19;7-6-4-2-1-3-5-6/h7-8H,1-6H2,(H,16,19);6-7H,1-5H2. The quantitative estimate of drug-likeness (QED) is 0.689. The smallest absolute Gasteiger partial charge is 0.226 e. The van der Waals surface area contributed by atoms with Crippen molar-refractivity contribution in [2.45, 2.75) is 57.5 Å². The van der Waals surface area contributed by atoms with Gasteiger partial charge in [0.05, 0.1) is 16.5 Å². The molecule has 2 N–H and O–H groups in total. The molecule has 144 valence electrons. The van der Waals surface area contributed by atoms with E-state index in [9.17, 15) is 4.79 Å². The van der Waals surface area contributed by atoms with Gasteiger partial charge in [0.25, 0.3) is 0 Å². The number of amides is 1. The average Bonchev–Trinajstić information content (AvgIpc) is 2.98. The lowest BCUT2D eigenvalue weighted by molar-refractivity contribution is -0.128. The summed E-state index contributed by atoms with van der Waals surface area (Å²) in [6, 6.07) is 1.86. The van der Waals surface area contributed by atoms with Gasteiger partial charge in [-0.2, -0.15) is 0 Å². The predicted molar refractivity (Wildman–Crippen MR) is 108 cm³/mol. The fourth-order valence-corrected chi connectivity index (χ4v) is 4.81. The molecule has 0 atom stereocenters. The number of anilines is 1. The topological polar surface area (TPSA) is 65.5 Å². The number of carbonyl (C=O) groups excluding carboxylic acids is 1. The van der Waals surface area contributed by atoms with Gasteiger partial charge < -0.3 is 15.3 Å². The number of nitrogens with zero attached hydrogens (tertiary/aromatic N) is 2. The molecule has 1 amide bonds. The maximum absolute atomic E-state index is 11.9. The number of carbonyl (C=O) groups is 1. The van der Waals surface area contributed by atoms with E-state index < -0.39 is 0 Å². The zero-order valence-corrected chi connectivity index (χ0v) is 17.4. The van der Waals surface area contributed by atoms with E-state index in [-0.39, 0.29) is 17.4 Å². The van der Waals surface area contributed by atoms with Crippen LogP contribution in [0.4, 0.5) is 5.82 Å². The highest BCUT2D eigenvalue weighted by Crippen LogP contribution is 2.40. The summed E-state index contributed by atoms with van der Waals surface area (Å²) in [4.78, 5) is 18.5. The maximum Gasteiger partial charge on any atom is 0.226 e. The number of aromatic nitrogens is 1. The van der Waals surface area contributed by atoms with E-state index >= 15 is 0 Å². The Morgan fingerprint density at radius 3 is 2.42 bits per heavy atom. The molecule has 2 saturated heterocycles. The van der Waals surface area contributed by atoms with Crippen molar-refractivity contribution in [3.8, 4) is 0 Å². The molecule has 0 radical (unpaired) electrons. The van der Waals surface area contributed by atoms with Gasteiger partial charge in [-0.25, -0.2) is 4.98 Å². The van der Waals surface area contributed by atoms with Crippen molar-refractivity contribution >= 4 is 39.3 Å². The molecule has 0 aromatic carbocycles. The van der Waals surface area contributed by atoms with Gasteiger partial charge in [0, 0.05) is 30.3 Å². The second kappa shape index (κ2) is 8.89. The summed E-state index contributed by atoms with van der Waals surface area (Å²) in [6.45, 7) is 2.49. The third kappa shape index (κ3) is 4.70. The van der Waals surface area contributed by atoms with E-state index in [1.165, 1.54) is 19.3 Å². The van der Waals surface area contributed by atoms with Crippen molar-refractivity contribution in [1.82, 2.24) is 10.3 Å². The number of aliphatic hydroxyl groups excluding tert-OH is 1. The third-order valence-electron chi connectivity index (χ3n) is 5.75. The van der Waals surface area contributed by atoms with Crippen LogP contribution in [0, 0.1) is 5.41 Å². The lowest BCUT2D eigenvalue weighted by Gasteiger charge is -2.38. The Kier molecular flexibility index (Phi) is 6.81. The van der Waals surface area contributed by atoms with Gasteiger partial charge in [0.1, 0.15) is 5.82 Å². The van der Waals surface area contributed by atoms with Gasteiger partial charge in [-0.05, 0) is 54.1 Å². The molecule has 1 saturated carbocycles. The number of nitrogens with one attached hydrogen (secondary N) is 1. The lowest BCUT2D eigenvalue weighted by Crippen LogP contribution is -2.44. The van der Waals surface area contributed by atoms with Crippen molar-refractivity contribution in [2.75, 3.05) is 24.5 Å². The Balaban J connectivity index is 0.000000236. The molecular weight excluding hydrogens is 418 g/mol. The molecule has 1 aromatic heterocycles. The van der Waals surface area contributed by atoms with Crippen LogP contribution in [0.5, 0.6) is 0 Å². The first-order chi connectivity index (χ1) is 12.5. The van der Waals surface area contributed by atoms with E-state index in [0.717, 1.165) is 62.0 Å². The van der Waals surface area contributed by atoms with Gasteiger partial charge in [0.2, 0.25) is 5.91 Å². The van der Waals surface area contributed by atoms with Gasteiger partial charge in [-0.3, -0.25) is 4.79 Å². The van der Waals surface area contributed by atoms with Crippen molar-refractivity contribution in [3.05, 3.63) is 21.8 Å². The minimum atomic E-state index is -0.141. The van der Waals surface area contributed by atoms with Crippen LogP contribution in [0.15, 0.2) is 16.7 Å². The number of aliphatic hydroxyl groups is 1. The first kappa shape index (κ1) is 19.9. The molecule has 3 fully saturated rings. The number of halogens is 2. The van der Waals surface area contributed by atoms with Crippen LogP contribution in [-0.2, 0) is 4.79 Å². The summed E-state index contributed by atoms with van der Waals surface area (Å²) in [5.41, 5.74) is -0.141. The highest BCUT2D eigenvalue weighted by atomic mass is 79.9. The highest BCUT2D eigenvalue weighted by Gasteiger charge is 2.44. The molecule has 0 unspecified atom stereocenters. The second-order valence-electron chi connectivity index (χ2n) is 7.52. The number of hydrogen-bond acceptors (Lipinski definition) is 4. The van der Waals surface area contributed by atoms with Crippen molar-refractivity contribution in [3.63, 3.8) is 0 Å². The molecule has 7 heteroatoms. The Morgan fingerprint density at radius 2 is 1.92 bits per heavy atom. The van der Waals surface area contributed by atoms with E-state index in [1.54, 1.807) is 6.20 Å². The molecule has 2 aliphatic heterocycles. The minimum absolute atomic E-state index is 0.0359.